The molecule has 0 aliphatic carbocycles. The predicted molar refractivity (Wildman–Crippen MR) is 69.1 cm³/mol. The van der Waals surface area contributed by atoms with Crippen molar-refractivity contribution in [2.24, 2.45) is 5.92 Å². The van der Waals surface area contributed by atoms with Crippen LogP contribution in [0.2, 0.25) is 0 Å². The Balaban J connectivity index is 2.26. The molecule has 0 bridgehead atoms. The van der Waals surface area contributed by atoms with E-state index in [4.69, 9.17) is 4.74 Å². The lowest BCUT2D eigenvalue weighted by atomic mass is 9.81. The van der Waals surface area contributed by atoms with Gasteiger partial charge in [0.05, 0.1) is 28.3 Å². The van der Waals surface area contributed by atoms with Crippen LogP contribution in [0.4, 0.5) is 0 Å². The highest BCUT2D eigenvalue weighted by molar-refractivity contribution is 7.05. The second-order valence-corrected chi connectivity index (χ2v) is 6.68. The van der Waals surface area contributed by atoms with Gasteiger partial charge in [-0.25, -0.2) is 0 Å². The van der Waals surface area contributed by atoms with Gasteiger partial charge in [0.2, 0.25) is 0 Å². The predicted octanol–water partition coefficient (Wildman–Crippen LogP) is 2.39. The van der Waals surface area contributed by atoms with E-state index in [2.05, 4.69) is 42.6 Å². The van der Waals surface area contributed by atoms with Gasteiger partial charge < -0.3 is 10.1 Å². The third-order valence-electron chi connectivity index (χ3n) is 3.54. The Morgan fingerprint density at radius 1 is 1.47 bits per heavy atom. The fourth-order valence-electron chi connectivity index (χ4n) is 2.98. The molecule has 1 saturated heterocycles. The minimum Gasteiger partial charge on any atom is -0.369 e. The van der Waals surface area contributed by atoms with Crippen molar-refractivity contribution < 1.29 is 4.74 Å². The topological polar surface area (TPSA) is 47.0 Å². The van der Waals surface area contributed by atoms with Gasteiger partial charge in [0.25, 0.3) is 0 Å². The second-order valence-electron chi connectivity index (χ2n) is 5.86. The first-order chi connectivity index (χ1) is 7.86. The van der Waals surface area contributed by atoms with Crippen LogP contribution in [0.1, 0.15) is 45.0 Å². The normalized spacial score (nSPS) is 28.2. The van der Waals surface area contributed by atoms with E-state index in [0.717, 1.165) is 6.42 Å². The Morgan fingerprint density at radius 3 is 2.59 bits per heavy atom. The van der Waals surface area contributed by atoms with Crippen LogP contribution in [-0.2, 0) is 4.74 Å². The zero-order valence-electron chi connectivity index (χ0n) is 11.2. The van der Waals surface area contributed by atoms with Crippen LogP contribution in [0.25, 0.3) is 0 Å². The van der Waals surface area contributed by atoms with Gasteiger partial charge in [-0.15, -0.1) is 5.10 Å². The van der Waals surface area contributed by atoms with Gasteiger partial charge in [0.1, 0.15) is 0 Å². The van der Waals surface area contributed by atoms with Crippen molar-refractivity contribution in [1.82, 2.24) is 14.9 Å². The summed E-state index contributed by atoms with van der Waals surface area (Å²) in [5, 5.41) is 7.32. The van der Waals surface area contributed by atoms with Crippen molar-refractivity contribution in [2.45, 2.75) is 51.4 Å². The number of nitrogens with one attached hydrogen (secondary N) is 1. The summed E-state index contributed by atoms with van der Waals surface area (Å²) in [7, 11) is 1.99. The average Bonchev–Trinajstić information content (AvgIpc) is 2.74. The minimum atomic E-state index is -0.124. The van der Waals surface area contributed by atoms with Gasteiger partial charge in [-0.05, 0) is 52.7 Å². The van der Waals surface area contributed by atoms with Gasteiger partial charge in [-0.3, -0.25) is 0 Å². The molecule has 2 rings (SSSR count). The van der Waals surface area contributed by atoms with Crippen LogP contribution in [0, 0.1) is 5.92 Å². The molecule has 2 atom stereocenters. The highest BCUT2D eigenvalue weighted by atomic mass is 32.1. The number of aromatic nitrogens is 2. The maximum Gasteiger partial charge on any atom is 0.0681 e. The third-order valence-corrected chi connectivity index (χ3v) is 4.29. The van der Waals surface area contributed by atoms with Crippen molar-refractivity contribution in [2.75, 3.05) is 7.05 Å². The van der Waals surface area contributed by atoms with Crippen molar-refractivity contribution >= 4 is 11.5 Å². The highest BCUT2D eigenvalue weighted by Gasteiger charge is 2.49. The average molecular weight is 255 g/mol. The van der Waals surface area contributed by atoms with Crippen LogP contribution in [0.15, 0.2) is 6.20 Å². The second kappa shape index (κ2) is 4.30. The molecule has 0 spiro atoms. The molecule has 1 aromatic rings. The van der Waals surface area contributed by atoms with E-state index in [1.807, 2.05) is 13.2 Å². The molecule has 0 aromatic carbocycles. The third kappa shape index (κ3) is 2.51. The van der Waals surface area contributed by atoms with Crippen LogP contribution >= 0.6 is 11.5 Å². The molecule has 17 heavy (non-hydrogen) atoms. The van der Waals surface area contributed by atoms with E-state index in [0.29, 0.717) is 5.92 Å². The molecular weight excluding hydrogens is 234 g/mol. The molecule has 0 saturated carbocycles. The standard InChI is InChI=1S/C12H21N3OS/c1-11(2)6-8(12(3,4)16-11)10(13-5)9-7-14-15-17-9/h7-8,10,13H,6H2,1-5H3. The molecule has 4 nitrogen and oxygen atoms in total. The summed E-state index contributed by atoms with van der Waals surface area (Å²) in [6, 6.07) is 0.270. The summed E-state index contributed by atoms with van der Waals surface area (Å²) in [4.78, 5) is 1.19. The first-order valence-corrected chi connectivity index (χ1v) is 6.78. The van der Waals surface area contributed by atoms with Crippen LogP contribution in [0.5, 0.6) is 0 Å². The Bertz CT molecular complexity index is 375. The van der Waals surface area contributed by atoms with Crippen LogP contribution in [-0.4, -0.2) is 27.8 Å². The van der Waals surface area contributed by atoms with E-state index in [1.54, 1.807) is 0 Å². The number of nitrogens with zero attached hydrogens (tertiary/aromatic N) is 2. The smallest absolute Gasteiger partial charge is 0.0681 e. The molecule has 0 radical (unpaired) electrons. The molecule has 0 amide bonds. The van der Waals surface area contributed by atoms with E-state index in [1.165, 1.54) is 16.4 Å². The SMILES string of the molecule is CNC(c1cnns1)C1CC(C)(C)OC1(C)C. The first-order valence-electron chi connectivity index (χ1n) is 6.00. The summed E-state index contributed by atoms with van der Waals surface area (Å²) in [5.41, 5.74) is -0.178. The summed E-state index contributed by atoms with van der Waals surface area (Å²) in [6.07, 6.45) is 2.90. The Hall–Kier alpha value is -0.520. The fraction of sp³-hybridized carbons (Fsp3) is 0.833. The molecule has 2 heterocycles. The number of rotatable bonds is 3. The molecule has 2 unspecified atom stereocenters. The first kappa shape index (κ1) is 12.9. The summed E-state index contributed by atoms with van der Waals surface area (Å²) >= 11 is 1.46. The number of hydrogen-bond donors (Lipinski definition) is 1. The lowest BCUT2D eigenvalue weighted by Gasteiger charge is -2.32. The van der Waals surface area contributed by atoms with E-state index < -0.39 is 0 Å². The largest absolute Gasteiger partial charge is 0.369 e. The number of ether oxygens (including phenoxy) is 1. The van der Waals surface area contributed by atoms with Crippen molar-refractivity contribution in [1.29, 1.82) is 0 Å². The quantitative estimate of drug-likeness (QED) is 0.901. The van der Waals surface area contributed by atoms with Crippen molar-refractivity contribution in [3.63, 3.8) is 0 Å². The molecular formula is C12H21N3OS. The maximum atomic E-state index is 6.15. The summed E-state index contributed by atoms with van der Waals surface area (Å²) in [5.74, 6) is 0.435. The van der Waals surface area contributed by atoms with Gasteiger partial charge in [0.15, 0.2) is 0 Å². The van der Waals surface area contributed by atoms with Crippen molar-refractivity contribution in [3.8, 4) is 0 Å². The molecule has 96 valence electrons. The zero-order chi connectivity index (χ0) is 12.7. The molecule has 5 heteroatoms. The van der Waals surface area contributed by atoms with E-state index >= 15 is 0 Å². The maximum absolute atomic E-state index is 6.15. The van der Waals surface area contributed by atoms with Gasteiger partial charge in [0, 0.05) is 5.92 Å². The van der Waals surface area contributed by atoms with Crippen LogP contribution in [0.3, 0.4) is 0 Å². The van der Waals surface area contributed by atoms with Gasteiger partial charge >= 0.3 is 0 Å². The fourth-order valence-corrected chi connectivity index (χ4v) is 3.66. The molecule has 1 aromatic heterocycles. The van der Waals surface area contributed by atoms with Gasteiger partial charge in [-0.2, -0.15) is 0 Å². The molecule has 1 N–H and O–H groups in total. The lowest BCUT2D eigenvalue weighted by Crippen LogP contribution is -2.36. The van der Waals surface area contributed by atoms with Crippen molar-refractivity contribution in [3.05, 3.63) is 11.1 Å². The minimum absolute atomic E-state index is 0.0542. The Morgan fingerprint density at radius 2 is 2.18 bits per heavy atom. The van der Waals surface area contributed by atoms with E-state index in [-0.39, 0.29) is 17.2 Å². The Kier molecular flexibility index (Phi) is 3.27. The summed E-state index contributed by atoms with van der Waals surface area (Å²) < 4.78 is 10.1. The summed E-state index contributed by atoms with van der Waals surface area (Å²) in [6.45, 7) is 8.66. The molecule has 1 fully saturated rings. The number of hydrogen-bond acceptors (Lipinski definition) is 5. The molecule has 1 aliphatic rings. The lowest BCUT2D eigenvalue weighted by molar-refractivity contribution is -0.0775. The monoisotopic (exact) mass is 255 g/mol. The van der Waals surface area contributed by atoms with E-state index in [9.17, 15) is 0 Å². The van der Waals surface area contributed by atoms with Crippen LogP contribution < -0.4 is 5.32 Å². The highest BCUT2D eigenvalue weighted by Crippen LogP contribution is 2.47. The van der Waals surface area contributed by atoms with Gasteiger partial charge in [-0.1, -0.05) is 4.49 Å². The zero-order valence-corrected chi connectivity index (χ0v) is 12.0. The Labute approximate surface area is 107 Å². The molecule has 1 aliphatic heterocycles.